The van der Waals surface area contributed by atoms with Gasteiger partial charge < -0.3 is 9.47 Å². The van der Waals surface area contributed by atoms with Crippen LogP contribution < -0.4 is 4.74 Å². The number of hydrogen-bond donors (Lipinski definition) is 1. The molecule has 0 spiro atoms. The van der Waals surface area contributed by atoms with E-state index in [0.29, 0.717) is 30.5 Å². The summed E-state index contributed by atoms with van der Waals surface area (Å²) < 4.78 is 39.6. The van der Waals surface area contributed by atoms with Gasteiger partial charge in [-0.25, -0.2) is 13.4 Å². The molecule has 144 valence electrons. The SMILES string of the molecule is CO[C@@H]1C[C@@H](c2nc(C3CC3)n[nH]2)N(S(=O)(=O)c2cccc3c2OCC3)C1. The van der Waals surface area contributed by atoms with Crippen LogP contribution in [-0.2, 0) is 21.2 Å². The van der Waals surface area contributed by atoms with Gasteiger partial charge in [0.25, 0.3) is 0 Å². The third kappa shape index (κ3) is 2.84. The van der Waals surface area contributed by atoms with Gasteiger partial charge >= 0.3 is 0 Å². The Kier molecular flexibility index (Phi) is 3.99. The number of nitrogens with one attached hydrogen (secondary N) is 1. The van der Waals surface area contributed by atoms with Gasteiger partial charge in [-0.2, -0.15) is 9.40 Å². The summed E-state index contributed by atoms with van der Waals surface area (Å²) in [6.45, 7) is 0.797. The summed E-state index contributed by atoms with van der Waals surface area (Å²) in [5.74, 6) is 2.26. The molecule has 8 nitrogen and oxygen atoms in total. The molecule has 2 fully saturated rings. The zero-order chi connectivity index (χ0) is 18.6. The van der Waals surface area contributed by atoms with E-state index in [1.165, 1.54) is 4.31 Å². The molecule has 2 aliphatic heterocycles. The van der Waals surface area contributed by atoms with Crippen LogP contribution in [0.2, 0.25) is 0 Å². The molecule has 1 aromatic carbocycles. The number of methoxy groups -OCH3 is 1. The number of benzene rings is 1. The molecule has 0 radical (unpaired) electrons. The van der Waals surface area contributed by atoms with Gasteiger partial charge in [-0.15, -0.1) is 0 Å². The van der Waals surface area contributed by atoms with Crippen LogP contribution in [0.3, 0.4) is 0 Å². The number of H-pyrrole nitrogens is 1. The molecule has 1 aromatic heterocycles. The highest BCUT2D eigenvalue weighted by atomic mass is 32.2. The van der Waals surface area contributed by atoms with E-state index in [9.17, 15) is 8.42 Å². The number of fused-ring (bicyclic) bond motifs is 1. The summed E-state index contributed by atoms with van der Waals surface area (Å²) in [5, 5.41) is 7.26. The first kappa shape index (κ1) is 17.2. The molecule has 0 unspecified atom stereocenters. The Morgan fingerprint density at radius 2 is 2.19 bits per heavy atom. The highest BCUT2D eigenvalue weighted by Crippen LogP contribution is 2.42. The molecule has 0 bridgehead atoms. The van der Waals surface area contributed by atoms with Crippen LogP contribution in [0.1, 0.15) is 48.4 Å². The average molecular weight is 390 g/mol. The summed E-state index contributed by atoms with van der Waals surface area (Å²) in [6.07, 6.45) is 3.29. The fraction of sp³-hybridized carbons (Fsp3) is 0.556. The Labute approximate surface area is 157 Å². The monoisotopic (exact) mass is 390 g/mol. The molecule has 1 saturated carbocycles. The molecule has 9 heteroatoms. The fourth-order valence-corrected chi connectivity index (χ4v) is 5.74. The van der Waals surface area contributed by atoms with Crippen molar-refractivity contribution in [3.05, 3.63) is 35.4 Å². The quantitative estimate of drug-likeness (QED) is 0.836. The maximum absolute atomic E-state index is 13.5. The topological polar surface area (TPSA) is 97.4 Å². The Morgan fingerprint density at radius 1 is 1.33 bits per heavy atom. The minimum Gasteiger partial charge on any atom is -0.492 e. The number of nitrogens with zero attached hydrogens (tertiary/aromatic N) is 3. The molecule has 3 heterocycles. The number of sulfonamides is 1. The number of ether oxygens (including phenoxy) is 2. The van der Waals surface area contributed by atoms with Crippen molar-refractivity contribution in [1.29, 1.82) is 0 Å². The van der Waals surface area contributed by atoms with Crippen molar-refractivity contribution >= 4 is 10.0 Å². The molecule has 2 atom stereocenters. The van der Waals surface area contributed by atoms with E-state index in [1.807, 2.05) is 6.07 Å². The van der Waals surface area contributed by atoms with E-state index in [2.05, 4.69) is 15.2 Å². The lowest BCUT2D eigenvalue weighted by Crippen LogP contribution is -2.32. The van der Waals surface area contributed by atoms with E-state index in [4.69, 9.17) is 9.47 Å². The van der Waals surface area contributed by atoms with Crippen molar-refractivity contribution < 1.29 is 17.9 Å². The zero-order valence-corrected chi connectivity index (χ0v) is 15.9. The van der Waals surface area contributed by atoms with Crippen molar-refractivity contribution in [2.24, 2.45) is 0 Å². The molecule has 1 aliphatic carbocycles. The van der Waals surface area contributed by atoms with Crippen molar-refractivity contribution in [2.75, 3.05) is 20.3 Å². The Bertz CT molecular complexity index is 969. The van der Waals surface area contributed by atoms with E-state index < -0.39 is 16.1 Å². The normalized spacial score (nSPS) is 25.5. The minimum absolute atomic E-state index is 0.183. The van der Waals surface area contributed by atoms with Crippen molar-refractivity contribution in [3.8, 4) is 5.75 Å². The highest BCUT2D eigenvalue weighted by Gasteiger charge is 2.44. The molecular weight excluding hydrogens is 368 g/mol. The molecule has 3 aliphatic rings. The van der Waals surface area contributed by atoms with Gasteiger partial charge in [0.15, 0.2) is 5.82 Å². The van der Waals surface area contributed by atoms with Gasteiger partial charge in [0.05, 0.1) is 18.8 Å². The highest BCUT2D eigenvalue weighted by molar-refractivity contribution is 7.89. The number of aromatic amines is 1. The third-order valence-corrected chi connectivity index (χ3v) is 7.49. The second-order valence-corrected chi connectivity index (χ2v) is 9.24. The number of para-hydroxylation sites is 1. The largest absolute Gasteiger partial charge is 0.492 e. The lowest BCUT2D eigenvalue weighted by Gasteiger charge is -2.23. The lowest BCUT2D eigenvalue weighted by molar-refractivity contribution is 0.114. The first-order valence-corrected chi connectivity index (χ1v) is 10.7. The smallest absolute Gasteiger partial charge is 0.247 e. The van der Waals surface area contributed by atoms with Gasteiger partial charge in [0.1, 0.15) is 16.5 Å². The predicted molar refractivity (Wildman–Crippen MR) is 96.0 cm³/mol. The van der Waals surface area contributed by atoms with Gasteiger partial charge in [0, 0.05) is 26.0 Å². The first-order chi connectivity index (χ1) is 13.1. The van der Waals surface area contributed by atoms with Crippen LogP contribution in [0.15, 0.2) is 23.1 Å². The van der Waals surface area contributed by atoms with Crippen LogP contribution in [0, 0.1) is 0 Å². The Morgan fingerprint density at radius 3 is 2.96 bits per heavy atom. The van der Waals surface area contributed by atoms with Gasteiger partial charge in [0.2, 0.25) is 10.0 Å². The van der Waals surface area contributed by atoms with Crippen LogP contribution in [-0.4, -0.2) is 54.3 Å². The molecule has 0 amide bonds. The van der Waals surface area contributed by atoms with Crippen molar-refractivity contribution in [1.82, 2.24) is 19.5 Å². The average Bonchev–Trinajstić information content (AvgIpc) is 3.10. The molecule has 1 N–H and O–H groups in total. The predicted octanol–water partition coefficient (Wildman–Crippen LogP) is 1.77. The zero-order valence-electron chi connectivity index (χ0n) is 15.1. The number of aromatic nitrogens is 3. The first-order valence-electron chi connectivity index (χ1n) is 9.29. The van der Waals surface area contributed by atoms with Crippen LogP contribution >= 0.6 is 0 Å². The molecule has 27 heavy (non-hydrogen) atoms. The van der Waals surface area contributed by atoms with Gasteiger partial charge in [-0.3, -0.25) is 5.10 Å². The summed E-state index contributed by atoms with van der Waals surface area (Å²) in [6, 6.07) is 4.89. The molecule has 1 saturated heterocycles. The molecule has 5 rings (SSSR count). The summed E-state index contributed by atoms with van der Waals surface area (Å²) in [5.41, 5.74) is 0.936. The van der Waals surface area contributed by atoms with E-state index in [-0.39, 0.29) is 17.5 Å². The number of rotatable bonds is 5. The van der Waals surface area contributed by atoms with E-state index in [1.54, 1.807) is 19.2 Å². The fourth-order valence-electron chi connectivity index (χ4n) is 3.93. The summed E-state index contributed by atoms with van der Waals surface area (Å²) in [7, 11) is -2.15. The van der Waals surface area contributed by atoms with Gasteiger partial charge in [-0.1, -0.05) is 12.1 Å². The van der Waals surface area contributed by atoms with Crippen LogP contribution in [0.4, 0.5) is 0 Å². The van der Waals surface area contributed by atoms with Crippen LogP contribution in [0.25, 0.3) is 0 Å². The summed E-state index contributed by atoms with van der Waals surface area (Å²) in [4.78, 5) is 4.82. The maximum Gasteiger partial charge on any atom is 0.247 e. The van der Waals surface area contributed by atoms with Gasteiger partial charge in [-0.05, 0) is 30.9 Å². The van der Waals surface area contributed by atoms with Crippen LogP contribution in [0.5, 0.6) is 5.75 Å². The standard InChI is InChI=1S/C18H22N4O4S/c1-25-13-9-14(18-19-17(20-21-18)12-5-6-12)22(10-13)27(23,24)15-4-2-3-11-7-8-26-16(11)15/h2-4,12-14H,5-10H2,1H3,(H,19,20,21)/t13-,14+/m1/s1. The second-order valence-electron chi connectivity index (χ2n) is 7.38. The minimum atomic E-state index is -3.76. The van der Waals surface area contributed by atoms with E-state index >= 15 is 0 Å². The molecular formula is C18H22N4O4S. The molecule has 2 aromatic rings. The second kappa shape index (κ2) is 6.29. The summed E-state index contributed by atoms with van der Waals surface area (Å²) >= 11 is 0. The number of hydrogen-bond acceptors (Lipinski definition) is 6. The maximum atomic E-state index is 13.5. The van der Waals surface area contributed by atoms with Crippen molar-refractivity contribution in [2.45, 2.75) is 48.6 Å². The Hall–Kier alpha value is -1.97. The van der Waals surface area contributed by atoms with Crippen molar-refractivity contribution in [3.63, 3.8) is 0 Å². The lowest BCUT2D eigenvalue weighted by atomic mass is 10.2. The Balaban J connectivity index is 1.53. The third-order valence-electron chi connectivity index (χ3n) is 5.59. The van der Waals surface area contributed by atoms with E-state index in [0.717, 1.165) is 30.7 Å².